The summed E-state index contributed by atoms with van der Waals surface area (Å²) in [5, 5.41) is 2.52. The Balaban J connectivity index is 3.00. The first kappa shape index (κ1) is 16.8. The molecule has 1 N–H and O–H groups in total. The van der Waals surface area contributed by atoms with Gasteiger partial charge in [-0.2, -0.15) is 13.2 Å². The van der Waals surface area contributed by atoms with E-state index >= 15 is 0 Å². The molecule has 0 aromatic heterocycles. The van der Waals surface area contributed by atoms with Crippen LogP contribution in [-0.2, 0) is 6.18 Å². The van der Waals surface area contributed by atoms with Crippen molar-refractivity contribution in [1.29, 1.82) is 0 Å². The number of hydrogen-bond acceptors (Lipinski definition) is 1. The molecule has 0 spiro atoms. The van der Waals surface area contributed by atoms with Crippen LogP contribution in [0.25, 0.3) is 0 Å². The molecule has 1 aromatic rings. The quantitative estimate of drug-likeness (QED) is 0.664. The first-order valence-corrected chi connectivity index (χ1v) is 6.43. The van der Waals surface area contributed by atoms with Gasteiger partial charge in [-0.3, -0.25) is 4.79 Å². The van der Waals surface area contributed by atoms with Crippen LogP contribution in [0.2, 0.25) is 0 Å². The summed E-state index contributed by atoms with van der Waals surface area (Å²) >= 11 is 5.67. The van der Waals surface area contributed by atoms with Gasteiger partial charge in [0, 0.05) is 17.5 Å². The Morgan fingerprint density at radius 2 is 1.95 bits per heavy atom. The fourth-order valence-corrected chi connectivity index (χ4v) is 1.95. The second kappa shape index (κ2) is 6.43. The summed E-state index contributed by atoms with van der Waals surface area (Å²) < 4.78 is 50.8. The molecule has 1 atom stereocenters. The molecule has 1 rings (SSSR count). The molecule has 1 aromatic carbocycles. The van der Waals surface area contributed by atoms with Crippen LogP contribution in [-0.4, -0.2) is 17.8 Å². The van der Waals surface area contributed by atoms with Gasteiger partial charge in [-0.25, -0.2) is 4.39 Å². The molecule has 7 heteroatoms. The molecule has 0 fully saturated rings. The van der Waals surface area contributed by atoms with Gasteiger partial charge in [-0.05, 0) is 24.1 Å². The predicted octanol–water partition coefficient (Wildman–Crippen LogP) is 3.84. The fourth-order valence-electron chi connectivity index (χ4n) is 1.52. The fraction of sp³-hybridized carbons (Fsp3) is 0.462. The molecule has 1 unspecified atom stereocenters. The zero-order chi connectivity index (χ0) is 15.5. The van der Waals surface area contributed by atoms with E-state index in [1.807, 2.05) is 13.8 Å². The maximum atomic E-state index is 13.1. The lowest BCUT2D eigenvalue weighted by atomic mass is 10.0. The molecule has 0 aliphatic rings. The average molecular weight is 312 g/mol. The van der Waals surface area contributed by atoms with E-state index in [9.17, 15) is 22.4 Å². The average Bonchev–Trinajstić information content (AvgIpc) is 2.34. The first-order chi connectivity index (χ1) is 9.16. The Hall–Kier alpha value is -1.30. The lowest BCUT2D eigenvalue weighted by Gasteiger charge is -2.20. The largest absolute Gasteiger partial charge is 0.419 e. The van der Waals surface area contributed by atoms with Crippen LogP contribution >= 0.6 is 11.6 Å². The Kier molecular flexibility index (Phi) is 5.39. The number of benzene rings is 1. The third-order valence-corrected chi connectivity index (χ3v) is 3.15. The van der Waals surface area contributed by atoms with Gasteiger partial charge in [-0.15, -0.1) is 11.6 Å². The highest BCUT2D eigenvalue weighted by Crippen LogP contribution is 2.31. The molecule has 0 bridgehead atoms. The summed E-state index contributed by atoms with van der Waals surface area (Å²) in [4.78, 5) is 11.8. The minimum absolute atomic E-state index is 0.0268. The molecule has 0 heterocycles. The van der Waals surface area contributed by atoms with Crippen molar-refractivity contribution >= 4 is 17.5 Å². The van der Waals surface area contributed by atoms with Crippen LogP contribution in [0, 0.1) is 11.7 Å². The van der Waals surface area contributed by atoms with Crippen molar-refractivity contribution in [3.05, 3.63) is 35.1 Å². The predicted molar refractivity (Wildman–Crippen MR) is 68.2 cm³/mol. The highest BCUT2D eigenvalue weighted by Gasteiger charge is 2.34. The van der Waals surface area contributed by atoms with Crippen molar-refractivity contribution in [3.63, 3.8) is 0 Å². The van der Waals surface area contributed by atoms with Crippen molar-refractivity contribution in [1.82, 2.24) is 5.32 Å². The van der Waals surface area contributed by atoms with Gasteiger partial charge in [0.25, 0.3) is 5.91 Å². The first-order valence-electron chi connectivity index (χ1n) is 5.90. The molecule has 1 amide bonds. The van der Waals surface area contributed by atoms with Gasteiger partial charge in [0.05, 0.1) is 5.56 Å². The molecule has 2 nitrogen and oxygen atoms in total. The topological polar surface area (TPSA) is 29.1 Å². The SMILES string of the molecule is CC(C)C(CCl)NC(=O)c1ccc(F)c(C(F)(F)F)c1. The number of carbonyl (C=O) groups excluding carboxylic acids is 1. The molecular formula is C13H14ClF4NO. The number of nitrogens with one attached hydrogen (secondary N) is 1. The number of rotatable bonds is 4. The molecule has 0 saturated heterocycles. The normalized spacial score (nSPS) is 13.4. The summed E-state index contributed by atoms with van der Waals surface area (Å²) in [6, 6.07) is 1.76. The van der Waals surface area contributed by atoms with Crippen molar-refractivity contribution in [3.8, 4) is 0 Å². The Morgan fingerprint density at radius 1 is 1.35 bits per heavy atom. The summed E-state index contributed by atoms with van der Waals surface area (Å²) in [5.74, 6) is -1.96. The van der Waals surface area contributed by atoms with Gasteiger partial charge in [0.2, 0.25) is 0 Å². The van der Waals surface area contributed by atoms with Crippen LogP contribution in [0.3, 0.4) is 0 Å². The zero-order valence-electron chi connectivity index (χ0n) is 10.9. The zero-order valence-corrected chi connectivity index (χ0v) is 11.6. The van der Waals surface area contributed by atoms with E-state index < -0.39 is 23.5 Å². The Bertz CT molecular complexity index is 488. The Labute approximate surface area is 119 Å². The van der Waals surface area contributed by atoms with Crippen LogP contribution in [0.5, 0.6) is 0 Å². The number of halogens is 5. The number of amides is 1. The van der Waals surface area contributed by atoms with Crippen molar-refractivity contribution < 1.29 is 22.4 Å². The number of carbonyl (C=O) groups is 1. The highest BCUT2D eigenvalue weighted by molar-refractivity contribution is 6.18. The lowest BCUT2D eigenvalue weighted by Crippen LogP contribution is -2.40. The van der Waals surface area contributed by atoms with E-state index in [0.717, 1.165) is 6.07 Å². The van der Waals surface area contributed by atoms with Gasteiger partial charge < -0.3 is 5.32 Å². The summed E-state index contributed by atoms with van der Waals surface area (Å²) in [7, 11) is 0. The lowest BCUT2D eigenvalue weighted by molar-refractivity contribution is -0.140. The molecule has 0 radical (unpaired) electrons. The van der Waals surface area contributed by atoms with E-state index in [1.54, 1.807) is 0 Å². The standard InChI is InChI=1S/C13H14ClF4NO/c1-7(2)11(6-14)19-12(20)8-3-4-10(15)9(5-8)13(16,17)18/h3-5,7,11H,6H2,1-2H3,(H,19,20). The highest BCUT2D eigenvalue weighted by atomic mass is 35.5. The summed E-state index contributed by atoms with van der Waals surface area (Å²) in [6.07, 6.45) is -4.84. The maximum Gasteiger partial charge on any atom is 0.419 e. The molecule has 20 heavy (non-hydrogen) atoms. The van der Waals surface area contributed by atoms with E-state index in [4.69, 9.17) is 11.6 Å². The van der Waals surface area contributed by atoms with Gasteiger partial charge in [0.1, 0.15) is 5.82 Å². The van der Waals surface area contributed by atoms with E-state index in [1.165, 1.54) is 0 Å². The molecule has 0 saturated carbocycles. The maximum absolute atomic E-state index is 13.1. The third kappa shape index (κ3) is 4.10. The minimum atomic E-state index is -4.84. The second-order valence-electron chi connectivity index (χ2n) is 4.67. The van der Waals surface area contributed by atoms with Crippen molar-refractivity contribution in [2.24, 2.45) is 5.92 Å². The van der Waals surface area contributed by atoms with E-state index in [0.29, 0.717) is 12.1 Å². The third-order valence-electron chi connectivity index (χ3n) is 2.82. The molecule has 0 aliphatic heterocycles. The van der Waals surface area contributed by atoms with Crippen LogP contribution < -0.4 is 5.32 Å². The number of alkyl halides is 4. The van der Waals surface area contributed by atoms with Crippen LogP contribution in [0.1, 0.15) is 29.8 Å². The molecular weight excluding hydrogens is 298 g/mol. The van der Waals surface area contributed by atoms with Crippen LogP contribution in [0.4, 0.5) is 17.6 Å². The summed E-state index contributed by atoms with van der Waals surface area (Å²) in [6.45, 7) is 3.64. The van der Waals surface area contributed by atoms with Gasteiger partial charge in [0.15, 0.2) is 0 Å². The smallest absolute Gasteiger partial charge is 0.348 e. The van der Waals surface area contributed by atoms with E-state index in [2.05, 4.69) is 5.32 Å². The second-order valence-corrected chi connectivity index (χ2v) is 4.98. The summed E-state index contributed by atoms with van der Waals surface area (Å²) in [5.41, 5.74) is -1.72. The monoisotopic (exact) mass is 311 g/mol. The van der Waals surface area contributed by atoms with E-state index in [-0.39, 0.29) is 23.4 Å². The minimum Gasteiger partial charge on any atom is -0.348 e. The van der Waals surface area contributed by atoms with Crippen molar-refractivity contribution in [2.45, 2.75) is 26.1 Å². The van der Waals surface area contributed by atoms with Gasteiger partial charge >= 0.3 is 6.18 Å². The van der Waals surface area contributed by atoms with Crippen LogP contribution in [0.15, 0.2) is 18.2 Å². The van der Waals surface area contributed by atoms with Gasteiger partial charge in [-0.1, -0.05) is 13.8 Å². The van der Waals surface area contributed by atoms with Crippen molar-refractivity contribution in [2.75, 3.05) is 5.88 Å². The Morgan fingerprint density at radius 3 is 2.40 bits per heavy atom. The molecule has 0 aliphatic carbocycles. The molecule has 112 valence electrons. The number of hydrogen-bond donors (Lipinski definition) is 1.